The number of hydrogen-bond donors (Lipinski definition) is 3. The molecule has 1 aromatic carbocycles. The molecule has 23 heavy (non-hydrogen) atoms. The van der Waals surface area contributed by atoms with Gasteiger partial charge in [0.05, 0.1) is 0 Å². The Bertz CT molecular complexity index is 754. The van der Waals surface area contributed by atoms with E-state index < -0.39 is 29.5 Å². The average Bonchev–Trinajstić information content (AvgIpc) is 2.54. The van der Waals surface area contributed by atoms with Gasteiger partial charge >= 0.3 is 0 Å². The summed E-state index contributed by atoms with van der Waals surface area (Å²) in [5, 5.41) is 4.70. The van der Waals surface area contributed by atoms with Crippen molar-refractivity contribution in [2.75, 3.05) is 12.8 Å². The van der Waals surface area contributed by atoms with Crippen LogP contribution in [0.3, 0.4) is 0 Å². The zero-order valence-electron chi connectivity index (χ0n) is 12.0. The molecule has 0 aliphatic carbocycles. The Labute approximate surface area is 129 Å². The van der Waals surface area contributed by atoms with Crippen LogP contribution in [0, 0.1) is 11.6 Å². The van der Waals surface area contributed by atoms with E-state index in [-0.39, 0.29) is 17.1 Å². The number of hydrogen-bond acceptors (Lipinski definition) is 5. The van der Waals surface area contributed by atoms with Crippen LogP contribution in [0.25, 0.3) is 0 Å². The normalized spacial score (nSPS) is 11.6. The van der Waals surface area contributed by atoms with Crippen LogP contribution in [0.15, 0.2) is 30.6 Å². The maximum absolute atomic E-state index is 13.4. The van der Waals surface area contributed by atoms with E-state index in [9.17, 15) is 18.4 Å². The van der Waals surface area contributed by atoms with Crippen LogP contribution in [-0.2, 0) is 4.79 Å². The summed E-state index contributed by atoms with van der Waals surface area (Å²) < 4.78 is 26.4. The van der Waals surface area contributed by atoms with Crippen LogP contribution in [0.1, 0.15) is 22.1 Å². The summed E-state index contributed by atoms with van der Waals surface area (Å²) in [6.45, 7) is 0. The van der Waals surface area contributed by atoms with Crippen molar-refractivity contribution in [3.8, 4) is 0 Å². The van der Waals surface area contributed by atoms with E-state index in [2.05, 4.69) is 20.6 Å². The Balaban J connectivity index is 2.33. The monoisotopic (exact) mass is 321 g/mol. The van der Waals surface area contributed by atoms with Crippen LogP contribution >= 0.6 is 0 Å². The minimum atomic E-state index is -1.25. The standard InChI is InChI=1S/C14H13F2N5O2/c1-18-13(22)10(7-2-3-8(15)9(16)6-7)21-14(23)11-12(17)20-5-4-19-11/h2-6,10H,1H3,(H2,17,20)(H,18,22)(H,21,23). The molecule has 1 atom stereocenters. The number of carbonyl (C=O) groups excluding carboxylic acids is 2. The SMILES string of the molecule is CNC(=O)C(NC(=O)c1nccnc1N)c1ccc(F)c(F)c1. The molecule has 1 heterocycles. The predicted octanol–water partition coefficient (Wildman–Crippen LogP) is 0.554. The molecule has 1 unspecified atom stereocenters. The average molecular weight is 321 g/mol. The summed E-state index contributed by atoms with van der Waals surface area (Å²) in [6, 6.07) is 1.64. The molecule has 1 aromatic heterocycles. The van der Waals surface area contributed by atoms with Crippen molar-refractivity contribution in [3.63, 3.8) is 0 Å². The highest BCUT2D eigenvalue weighted by atomic mass is 19.2. The highest BCUT2D eigenvalue weighted by Gasteiger charge is 2.25. The third kappa shape index (κ3) is 3.57. The first kappa shape index (κ1) is 16.3. The Morgan fingerprint density at radius 1 is 1.17 bits per heavy atom. The van der Waals surface area contributed by atoms with Gasteiger partial charge in [-0.1, -0.05) is 6.07 Å². The number of benzene rings is 1. The van der Waals surface area contributed by atoms with Gasteiger partial charge in [0.1, 0.15) is 6.04 Å². The van der Waals surface area contributed by atoms with Crippen LogP contribution in [0.4, 0.5) is 14.6 Å². The lowest BCUT2D eigenvalue weighted by atomic mass is 10.1. The van der Waals surface area contributed by atoms with E-state index in [1.807, 2.05) is 0 Å². The molecule has 9 heteroatoms. The third-order valence-electron chi connectivity index (χ3n) is 3.00. The molecule has 0 spiro atoms. The van der Waals surface area contributed by atoms with E-state index in [1.54, 1.807) is 0 Å². The van der Waals surface area contributed by atoms with Gasteiger partial charge in [-0.2, -0.15) is 0 Å². The van der Waals surface area contributed by atoms with E-state index >= 15 is 0 Å². The number of likely N-dealkylation sites (N-methyl/N-ethyl adjacent to an activating group) is 1. The van der Waals surface area contributed by atoms with Gasteiger partial charge < -0.3 is 16.4 Å². The van der Waals surface area contributed by atoms with Crippen LogP contribution in [-0.4, -0.2) is 28.8 Å². The molecule has 2 amide bonds. The Kier molecular flexibility index (Phi) is 4.79. The summed E-state index contributed by atoms with van der Waals surface area (Å²) in [7, 11) is 1.35. The zero-order valence-corrected chi connectivity index (χ0v) is 12.0. The molecule has 7 nitrogen and oxygen atoms in total. The molecule has 4 N–H and O–H groups in total. The summed E-state index contributed by atoms with van der Waals surface area (Å²) in [5.74, 6) is -3.70. The number of nitrogens with two attached hydrogens (primary N) is 1. The molecular weight excluding hydrogens is 308 g/mol. The number of halogens is 2. The Hall–Kier alpha value is -3.10. The molecule has 2 rings (SSSR count). The van der Waals surface area contributed by atoms with Gasteiger partial charge in [-0.3, -0.25) is 9.59 Å². The number of nitrogens with zero attached hydrogens (tertiary/aromatic N) is 2. The highest BCUT2D eigenvalue weighted by Crippen LogP contribution is 2.18. The topological polar surface area (TPSA) is 110 Å². The number of rotatable bonds is 4. The highest BCUT2D eigenvalue weighted by molar-refractivity contribution is 5.99. The Morgan fingerprint density at radius 2 is 1.87 bits per heavy atom. The van der Waals surface area contributed by atoms with Crippen molar-refractivity contribution in [1.29, 1.82) is 0 Å². The van der Waals surface area contributed by atoms with Crippen molar-refractivity contribution < 1.29 is 18.4 Å². The molecule has 0 fully saturated rings. The van der Waals surface area contributed by atoms with Crippen LogP contribution in [0.5, 0.6) is 0 Å². The van der Waals surface area contributed by atoms with Crippen molar-refractivity contribution in [3.05, 3.63) is 53.5 Å². The second-order valence-corrected chi connectivity index (χ2v) is 4.48. The van der Waals surface area contributed by atoms with Gasteiger partial charge in [-0.25, -0.2) is 18.7 Å². The van der Waals surface area contributed by atoms with Gasteiger partial charge in [0.15, 0.2) is 23.1 Å². The zero-order chi connectivity index (χ0) is 17.0. The van der Waals surface area contributed by atoms with Gasteiger partial charge in [0.2, 0.25) is 5.91 Å². The molecule has 0 saturated heterocycles. The molecular formula is C14H13F2N5O2. The van der Waals surface area contributed by atoms with Gasteiger partial charge in [-0.15, -0.1) is 0 Å². The summed E-state index contributed by atoms with van der Waals surface area (Å²) in [5.41, 5.74) is 5.44. The fourth-order valence-electron chi connectivity index (χ4n) is 1.86. The quantitative estimate of drug-likeness (QED) is 0.762. The van der Waals surface area contributed by atoms with Crippen molar-refractivity contribution >= 4 is 17.6 Å². The number of amides is 2. The number of aromatic nitrogens is 2. The number of carbonyl (C=O) groups is 2. The van der Waals surface area contributed by atoms with Crippen molar-refractivity contribution in [1.82, 2.24) is 20.6 Å². The Morgan fingerprint density at radius 3 is 2.48 bits per heavy atom. The fraction of sp³-hybridized carbons (Fsp3) is 0.143. The van der Waals surface area contributed by atoms with Crippen molar-refractivity contribution in [2.45, 2.75) is 6.04 Å². The van der Waals surface area contributed by atoms with Gasteiger partial charge in [0.25, 0.3) is 5.91 Å². The first-order chi connectivity index (χ1) is 10.9. The summed E-state index contributed by atoms with van der Waals surface area (Å²) in [6.07, 6.45) is 2.56. The molecule has 0 aliphatic heterocycles. The molecule has 120 valence electrons. The second-order valence-electron chi connectivity index (χ2n) is 4.48. The first-order valence-electron chi connectivity index (χ1n) is 6.48. The van der Waals surface area contributed by atoms with Gasteiger partial charge in [-0.05, 0) is 17.7 Å². The van der Waals surface area contributed by atoms with E-state index in [4.69, 9.17) is 5.73 Å². The number of anilines is 1. The summed E-state index contributed by atoms with van der Waals surface area (Å²) >= 11 is 0. The van der Waals surface area contributed by atoms with Gasteiger partial charge in [0, 0.05) is 19.4 Å². The lowest BCUT2D eigenvalue weighted by molar-refractivity contribution is -0.122. The van der Waals surface area contributed by atoms with Crippen LogP contribution < -0.4 is 16.4 Å². The maximum Gasteiger partial charge on any atom is 0.274 e. The maximum atomic E-state index is 13.4. The molecule has 0 bridgehead atoms. The molecule has 0 saturated carbocycles. The number of nitrogen functional groups attached to an aromatic ring is 1. The van der Waals surface area contributed by atoms with Crippen molar-refractivity contribution in [2.24, 2.45) is 0 Å². The van der Waals surface area contributed by atoms with E-state index in [0.717, 1.165) is 12.1 Å². The lowest BCUT2D eigenvalue weighted by Gasteiger charge is -2.18. The van der Waals surface area contributed by atoms with E-state index in [0.29, 0.717) is 0 Å². The molecule has 0 radical (unpaired) electrons. The predicted molar refractivity (Wildman–Crippen MR) is 77.1 cm³/mol. The lowest BCUT2D eigenvalue weighted by Crippen LogP contribution is -2.39. The molecule has 2 aromatic rings. The minimum Gasteiger partial charge on any atom is -0.382 e. The minimum absolute atomic E-state index is 0.0686. The van der Waals surface area contributed by atoms with E-state index in [1.165, 1.54) is 25.5 Å². The largest absolute Gasteiger partial charge is 0.382 e. The fourth-order valence-corrected chi connectivity index (χ4v) is 1.86. The smallest absolute Gasteiger partial charge is 0.274 e. The number of nitrogens with one attached hydrogen (secondary N) is 2. The van der Waals surface area contributed by atoms with Crippen LogP contribution in [0.2, 0.25) is 0 Å². The first-order valence-corrected chi connectivity index (χ1v) is 6.48. The second kappa shape index (κ2) is 6.77. The third-order valence-corrected chi connectivity index (χ3v) is 3.00. The molecule has 0 aliphatic rings. The summed E-state index contributed by atoms with van der Waals surface area (Å²) in [4.78, 5) is 31.6.